The summed E-state index contributed by atoms with van der Waals surface area (Å²) in [6.45, 7) is 4.27. The number of rotatable bonds is 5. The summed E-state index contributed by atoms with van der Waals surface area (Å²) in [5.74, 6) is 1.32. The van der Waals surface area contributed by atoms with Crippen LogP contribution in [-0.4, -0.2) is 37.0 Å². The summed E-state index contributed by atoms with van der Waals surface area (Å²) >= 11 is 0. The quantitative estimate of drug-likeness (QED) is 0.844. The summed E-state index contributed by atoms with van der Waals surface area (Å²) in [5, 5.41) is 3.37. The molecule has 4 heteroatoms. The van der Waals surface area contributed by atoms with Crippen molar-refractivity contribution in [3.63, 3.8) is 0 Å². The smallest absolute Gasteiger partial charge is 0.223 e. The van der Waals surface area contributed by atoms with E-state index in [0.717, 1.165) is 57.8 Å². The number of likely N-dealkylation sites (tertiary alicyclic amines) is 1. The Bertz CT molecular complexity index is 496. The van der Waals surface area contributed by atoms with Gasteiger partial charge in [-0.2, -0.15) is 0 Å². The standard InChI is InChI=1S/C17H24N2O2/c20-17(19-9-2-1-3-10-19)6-8-18-13-14-4-5-16-15(12-14)7-11-21-16/h4-5,12,18H,1-3,6-11,13H2. The number of piperidine rings is 1. The minimum absolute atomic E-state index is 0.296. The Balaban J connectivity index is 1.39. The van der Waals surface area contributed by atoms with Crippen LogP contribution in [0.2, 0.25) is 0 Å². The minimum Gasteiger partial charge on any atom is -0.493 e. The molecule has 0 bridgehead atoms. The maximum absolute atomic E-state index is 12.0. The van der Waals surface area contributed by atoms with Crippen molar-refractivity contribution in [1.82, 2.24) is 10.2 Å². The highest BCUT2D eigenvalue weighted by atomic mass is 16.5. The molecule has 0 radical (unpaired) electrons. The molecule has 1 aromatic carbocycles. The van der Waals surface area contributed by atoms with Crippen molar-refractivity contribution in [2.24, 2.45) is 0 Å². The number of carbonyl (C=O) groups is 1. The van der Waals surface area contributed by atoms with E-state index in [9.17, 15) is 4.79 Å². The van der Waals surface area contributed by atoms with Crippen molar-refractivity contribution >= 4 is 5.91 Å². The number of amides is 1. The SMILES string of the molecule is O=C(CCNCc1ccc2c(c1)CCO2)N1CCCCC1. The molecule has 1 aromatic rings. The number of ether oxygens (including phenoxy) is 1. The number of nitrogens with one attached hydrogen (secondary N) is 1. The first-order valence-corrected chi connectivity index (χ1v) is 8.06. The predicted octanol–water partition coefficient (Wildman–Crippen LogP) is 2.11. The van der Waals surface area contributed by atoms with Gasteiger partial charge in [0.05, 0.1) is 6.61 Å². The molecule has 0 unspecified atom stereocenters. The Morgan fingerprint density at radius 3 is 2.95 bits per heavy atom. The van der Waals surface area contributed by atoms with E-state index in [-0.39, 0.29) is 0 Å². The molecule has 0 aromatic heterocycles. The first-order valence-electron chi connectivity index (χ1n) is 8.06. The van der Waals surface area contributed by atoms with Crippen LogP contribution in [-0.2, 0) is 17.8 Å². The molecule has 1 saturated heterocycles. The van der Waals surface area contributed by atoms with Crippen molar-refractivity contribution in [2.75, 3.05) is 26.2 Å². The highest BCUT2D eigenvalue weighted by Gasteiger charge is 2.15. The third-order valence-electron chi connectivity index (χ3n) is 4.31. The van der Waals surface area contributed by atoms with E-state index in [1.165, 1.54) is 17.5 Å². The molecule has 3 rings (SSSR count). The average molecular weight is 288 g/mol. The van der Waals surface area contributed by atoms with Crippen LogP contribution < -0.4 is 10.1 Å². The molecular weight excluding hydrogens is 264 g/mol. The van der Waals surface area contributed by atoms with Crippen LogP contribution in [0.3, 0.4) is 0 Å². The Morgan fingerprint density at radius 2 is 2.10 bits per heavy atom. The van der Waals surface area contributed by atoms with E-state index in [1.54, 1.807) is 0 Å². The third kappa shape index (κ3) is 3.76. The summed E-state index contributed by atoms with van der Waals surface area (Å²) in [6, 6.07) is 6.36. The normalized spacial score (nSPS) is 17.4. The van der Waals surface area contributed by atoms with Crippen LogP contribution in [0.5, 0.6) is 5.75 Å². The second kappa shape index (κ2) is 6.94. The summed E-state index contributed by atoms with van der Waals surface area (Å²) in [5.41, 5.74) is 2.57. The van der Waals surface area contributed by atoms with Gasteiger partial charge in [0.25, 0.3) is 0 Å². The Labute approximate surface area is 126 Å². The second-order valence-corrected chi connectivity index (χ2v) is 5.91. The van der Waals surface area contributed by atoms with Gasteiger partial charge in [-0.05, 0) is 36.5 Å². The zero-order valence-corrected chi connectivity index (χ0v) is 12.6. The second-order valence-electron chi connectivity index (χ2n) is 5.91. The van der Waals surface area contributed by atoms with E-state index in [4.69, 9.17) is 4.74 Å². The van der Waals surface area contributed by atoms with Gasteiger partial charge in [0.2, 0.25) is 5.91 Å². The van der Waals surface area contributed by atoms with Crippen LogP contribution in [0.4, 0.5) is 0 Å². The van der Waals surface area contributed by atoms with Crippen LogP contribution in [0.25, 0.3) is 0 Å². The summed E-state index contributed by atoms with van der Waals surface area (Å²) in [7, 11) is 0. The number of hydrogen-bond acceptors (Lipinski definition) is 3. The fourth-order valence-corrected chi connectivity index (χ4v) is 3.08. The molecule has 2 aliphatic rings. The van der Waals surface area contributed by atoms with E-state index >= 15 is 0 Å². The van der Waals surface area contributed by atoms with E-state index in [2.05, 4.69) is 23.5 Å². The molecule has 1 N–H and O–H groups in total. The highest BCUT2D eigenvalue weighted by molar-refractivity contribution is 5.76. The van der Waals surface area contributed by atoms with Crippen LogP contribution >= 0.6 is 0 Å². The van der Waals surface area contributed by atoms with Gasteiger partial charge in [-0.3, -0.25) is 4.79 Å². The fraction of sp³-hybridized carbons (Fsp3) is 0.588. The van der Waals surface area contributed by atoms with Gasteiger partial charge < -0.3 is 15.0 Å². The zero-order chi connectivity index (χ0) is 14.5. The van der Waals surface area contributed by atoms with Gasteiger partial charge in [-0.15, -0.1) is 0 Å². The molecule has 0 spiro atoms. The molecule has 4 nitrogen and oxygen atoms in total. The van der Waals surface area contributed by atoms with Crippen molar-refractivity contribution in [3.8, 4) is 5.75 Å². The lowest BCUT2D eigenvalue weighted by molar-refractivity contribution is -0.131. The molecular formula is C17H24N2O2. The summed E-state index contributed by atoms with van der Waals surface area (Å²) in [6.07, 6.45) is 5.21. The maximum Gasteiger partial charge on any atom is 0.223 e. The average Bonchev–Trinajstić information content (AvgIpc) is 3.00. The number of carbonyl (C=O) groups excluding carboxylic acids is 1. The lowest BCUT2D eigenvalue weighted by atomic mass is 10.1. The van der Waals surface area contributed by atoms with Crippen LogP contribution in [0.15, 0.2) is 18.2 Å². The van der Waals surface area contributed by atoms with Crippen molar-refractivity contribution < 1.29 is 9.53 Å². The number of hydrogen-bond donors (Lipinski definition) is 1. The van der Waals surface area contributed by atoms with Crippen molar-refractivity contribution in [2.45, 2.75) is 38.6 Å². The number of fused-ring (bicyclic) bond motifs is 1. The largest absolute Gasteiger partial charge is 0.493 e. The lowest BCUT2D eigenvalue weighted by Gasteiger charge is -2.26. The van der Waals surface area contributed by atoms with Gasteiger partial charge >= 0.3 is 0 Å². The molecule has 2 heterocycles. The van der Waals surface area contributed by atoms with Gasteiger partial charge in [0.15, 0.2) is 0 Å². The van der Waals surface area contributed by atoms with Gasteiger partial charge in [0.1, 0.15) is 5.75 Å². The highest BCUT2D eigenvalue weighted by Crippen LogP contribution is 2.25. The summed E-state index contributed by atoms with van der Waals surface area (Å²) < 4.78 is 5.51. The predicted molar refractivity (Wildman–Crippen MR) is 82.4 cm³/mol. The van der Waals surface area contributed by atoms with E-state index < -0.39 is 0 Å². The van der Waals surface area contributed by atoms with Crippen molar-refractivity contribution in [1.29, 1.82) is 0 Å². The summed E-state index contributed by atoms with van der Waals surface area (Å²) in [4.78, 5) is 14.0. The Morgan fingerprint density at radius 1 is 1.24 bits per heavy atom. The molecule has 1 fully saturated rings. The van der Waals surface area contributed by atoms with Gasteiger partial charge in [-0.1, -0.05) is 12.1 Å². The first kappa shape index (κ1) is 14.4. The fourth-order valence-electron chi connectivity index (χ4n) is 3.08. The number of nitrogens with zero attached hydrogens (tertiary/aromatic N) is 1. The van der Waals surface area contributed by atoms with Gasteiger partial charge in [0, 0.05) is 39.0 Å². The minimum atomic E-state index is 0.296. The van der Waals surface area contributed by atoms with E-state index in [0.29, 0.717) is 12.3 Å². The maximum atomic E-state index is 12.0. The van der Waals surface area contributed by atoms with E-state index in [1.807, 2.05) is 4.90 Å². The number of benzene rings is 1. The monoisotopic (exact) mass is 288 g/mol. The Hall–Kier alpha value is -1.55. The molecule has 114 valence electrons. The topological polar surface area (TPSA) is 41.6 Å². The third-order valence-corrected chi connectivity index (χ3v) is 4.31. The van der Waals surface area contributed by atoms with Crippen LogP contribution in [0.1, 0.15) is 36.8 Å². The van der Waals surface area contributed by atoms with Crippen molar-refractivity contribution in [3.05, 3.63) is 29.3 Å². The Kier molecular flexibility index (Phi) is 4.76. The molecule has 2 aliphatic heterocycles. The molecule has 21 heavy (non-hydrogen) atoms. The lowest BCUT2D eigenvalue weighted by Crippen LogP contribution is -2.37. The molecule has 0 saturated carbocycles. The van der Waals surface area contributed by atoms with Crippen LogP contribution in [0, 0.1) is 0 Å². The van der Waals surface area contributed by atoms with Gasteiger partial charge in [-0.25, -0.2) is 0 Å². The molecule has 1 amide bonds. The zero-order valence-electron chi connectivity index (χ0n) is 12.6. The first-order chi connectivity index (χ1) is 10.3. The molecule has 0 aliphatic carbocycles. The molecule has 0 atom stereocenters.